The molecule has 1 N–H and O–H groups in total. The highest BCUT2D eigenvalue weighted by Gasteiger charge is 2.08. The highest BCUT2D eigenvalue weighted by molar-refractivity contribution is 5.60. The van der Waals surface area contributed by atoms with Crippen LogP contribution in [0.1, 0.15) is 23.7 Å². The quantitative estimate of drug-likeness (QED) is 0.893. The molecular weight excluding hydrogens is 222 g/mol. The minimum atomic E-state index is 0.790. The van der Waals surface area contributed by atoms with Crippen molar-refractivity contribution in [3.63, 3.8) is 0 Å². The monoisotopic (exact) mass is 241 g/mol. The van der Waals surface area contributed by atoms with Crippen molar-refractivity contribution in [1.29, 1.82) is 0 Å². The summed E-state index contributed by atoms with van der Waals surface area (Å²) in [6, 6.07) is 8.28. The lowest BCUT2D eigenvalue weighted by molar-refractivity contribution is 1.05. The SMILES string of the molecule is CCNc1nc(-c2cccc(C)c2)nc(C)c1C. The first kappa shape index (κ1) is 12.6. The molecule has 2 rings (SSSR count). The second-order valence-electron chi connectivity index (χ2n) is 4.51. The predicted molar refractivity (Wildman–Crippen MR) is 75.8 cm³/mol. The number of hydrogen-bond acceptors (Lipinski definition) is 3. The number of hydrogen-bond donors (Lipinski definition) is 1. The van der Waals surface area contributed by atoms with Gasteiger partial charge in [0.2, 0.25) is 0 Å². The van der Waals surface area contributed by atoms with E-state index in [1.165, 1.54) is 5.56 Å². The molecule has 1 aromatic carbocycles. The maximum Gasteiger partial charge on any atom is 0.161 e. The van der Waals surface area contributed by atoms with Crippen LogP contribution in [0.4, 0.5) is 5.82 Å². The first-order valence-electron chi connectivity index (χ1n) is 6.28. The van der Waals surface area contributed by atoms with Gasteiger partial charge in [0.25, 0.3) is 0 Å². The summed E-state index contributed by atoms with van der Waals surface area (Å²) in [5.74, 6) is 1.72. The molecule has 18 heavy (non-hydrogen) atoms. The molecule has 0 aliphatic carbocycles. The van der Waals surface area contributed by atoms with Crippen molar-refractivity contribution >= 4 is 5.82 Å². The molecule has 0 radical (unpaired) electrons. The first-order chi connectivity index (χ1) is 8.61. The fourth-order valence-electron chi connectivity index (χ4n) is 1.88. The average Bonchev–Trinajstić information content (AvgIpc) is 2.35. The van der Waals surface area contributed by atoms with Crippen molar-refractivity contribution in [3.8, 4) is 11.4 Å². The van der Waals surface area contributed by atoms with Crippen LogP contribution in [-0.2, 0) is 0 Å². The standard InChI is InChI=1S/C15H19N3/c1-5-16-14-11(3)12(4)17-15(18-14)13-8-6-7-10(2)9-13/h6-9H,5H2,1-4H3,(H,16,17,18). The summed E-state index contributed by atoms with van der Waals surface area (Å²) in [7, 11) is 0. The van der Waals surface area contributed by atoms with Gasteiger partial charge in [0.05, 0.1) is 0 Å². The van der Waals surface area contributed by atoms with Gasteiger partial charge in [-0.1, -0.05) is 23.8 Å². The van der Waals surface area contributed by atoms with E-state index in [-0.39, 0.29) is 0 Å². The lowest BCUT2D eigenvalue weighted by atomic mass is 10.1. The van der Waals surface area contributed by atoms with Crippen LogP contribution in [0.5, 0.6) is 0 Å². The van der Waals surface area contributed by atoms with E-state index in [9.17, 15) is 0 Å². The molecule has 0 amide bonds. The van der Waals surface area contributed by atoms with Crippen molar-refractivity contribution in [2.24, 2.45) is 0 Å². The number of aryl methyl sites for hydroxylation is 2. The van der Waals surface area contributed by atoms with Gasteiger partial charge in [-0.25, -0.2) is 9.97 Å². The Morgan fingerprint density at radius 3 is 2.56 bits per heavy atom. The van der Waals surface area contributed by atoms with Crippen LogP contribution in [-0.4, -0.2) is 16.5 Å². The maximum atomic E-state index is 4.61. The summed E-state index contributed by atoms with van der Waals surface area (Å²) in [6.45, 7) is 9.09. The molecule has 3 nitrogen and oxygen atoms in total. The maximum absolute atomic E-state index is 4.61. The van der Waals surface area contributed by atoms with E-state index >= 15 is 0 Å². The molecule has 2 aromatic rings. The van der Waals surface area contributed by atoms with Crippen LogP contribution in [0.15, 0.2) is 24.3 Å². The van der Waals surface area contributed by atoms with Gasteiger partial charge in [-0.3, -0.25) is 0 Å². The molecule has 0 saturated carbocycles. The molecule has 1 aromatic heterocycles. The number of rotatable bonds is 3. The number of nitrogens with one attached hydrogen (secondary N) is 1. The van der Waals surface area contributed by atoms with Crippen LogP contribution in [0, 0.1) is 20.8 Å². The molecule has 0 spiro atoms. The zero-order chi connectivity index (χ0) is 13.1. The fraction of sp³-hybridized carbons (Fsp3) is 0.333. The van der Waals surface area contributed by atoms with E-state index in [1.54, 1.807) is 0 Å². The second kappa shape index (κ2) is 5.17. The lowest BCUT2D eigenvalue weighted by Crippen LogP contribution is -2.06. The Kier molecular flexibility index (Phi) is 3.60. The van der Waals surface area contributed by atoms with Gasteiger partial charge in [-0.2, -0.15) is 0 Å². The molecule has 0 aliphatic heterocycles. The molecule has 1 heterocycles. The Morgan fingerprint density at radius 2 is 1.89 bits per heavy atom. The molecular formula is C15H19N3. The second-order valence-corrected chi connectivity index (χ2v) is 4.51. The summed E-state index contributed by atoms with van der Waals surface area (Å²) in [5, 5.41) is 3.29. The van der Waals surface area contributed by atoms with E-state index in [0.29, 0.717) is 0 Å². The third-order valence-electron chi connectivity index (χ3n) is 3.01. The molecule has 3 heteroatoms. The van der Waals surface area contributed by atoms with Crippen LogP contribution in [0.2, 0.25) is 0 Å². The third-order valence-corrected chi connectivity index (χ3v) is 3.01. The highest BCUT2D eigenvalue weighted by atomic mass is 15.0. The van der Waals surface area contributed by atoms with Crippen molar-refractivity contribution in [2.75, 3.05) is 11.9 Å². The Bertz CT molecular complexity index is 562. The molecule has 94 valence electrons. The van der Waals surface area contributed by atoms with E-state index in [2.05, 4.69) is 41.3 Å². The van der Waals surface area contributed by atoms with Crippen LogP contribution in [0.25, 0.3) is 11.4 Å². The number of aromatic nitrogens is 2. The predicted octanol–water partition coefficient (Wildman–Crippen LogP) is 3.50. The van der Waals surface area contributed by atoms with E-state index in [0.717, 1.165) is 35.0 Å². The Labute approximate surface area is 108 Å². The zero-order valence-corrected chi connectivity index (χ0v) is 11.4. The number of nitrogens with zero attached hydrogens (tertiary/aromatic N) is 2. The zero-order valence-electron chi connectivity index (χ0n) is 11.4. The van der Waals surface area contributed by atoms with Gasteiger partial charge >= 0.3 is 0 Å². The lowest BCUT2D eigenvalue weighted by Gasteiger charge is -2.11. The van der Waals surface area contributed by atoms with Crippen LogP contribution in [0.3, 0.4) is 0 Å². The molecule has 0 saturated heterocycles. The number of benzene rings is 1. The van der Waals surface area contributed by atoms with Gasteiger partial charge in [0, 0.05) is 23.4 Å². The van der Waals surface area contributed by atoms with Gasteiger partial charge in [-0.05, 0) is 33.8 Å². The first-order valence-corrected chi connectivity index (χ1v) is 6.28. The van der Waals surface area contributed by atoms with E-state index in [1.807, 2.05) is 26.0 Å². The summed E-state index contributed by atoms with van der Waals surface area (Å²) in [5.41, 5.74) is 4.43. The summed E-state index contributed by atoms with van der Waals surface area (Å²) >= 11 is 0. The molecule has 0 fully saturated rings. The molecule has 0 aliphatic rings. The Morgan fingerprint density at radius 1 is 1.11 bits per heavy atom. The third kappa shape index (κ3) is 2.50. The van der Waals surface area contributed by atoms with Crippen molar-refractivity contribution in [3.05, 3.63) is 41.1 Å². The minimum Gasteiger partial charge on any atom is -0.370 e. The van der Waals surface area contributed by atoms with Crippen LogP contribution < -0.4 is 5.32 Å². The summed E-state index contributed by atoms with van der Waals surface area (Å²) < 4.78 is 0. The molecule has 0 bridgehead atoms. The highest BCUT2D eigenvalue weighted by Crippen LogP contribution is 2.22. The van der Waals surface area contributed by atoms with Gasteiger partial charge in [0.15, 0.2) is 5.82 Å². The van der Waals surface area contributed by atoms with Crippen molar-refractivity contribution in [1.82, 2.24) is 9.97 Å². The normalized spacial score (nSPS) is 10.4. The largest absolute Gasteiger partial charge is 0.370 e. The van der Waals surface area contributed by atoms with E-state index < -0.39 is 0 Å². The average molecular weight is 241 g/mol. The Hall–Kier alpha value is -1.90. The van der Waals surface area contributed by atoms with Gasteiger partial charge in [-0.15, -0.1) is 0 Å². The number of anilines is 1. The summed E-state index contributed by atoms with van der Waals surface area (Å²) in [6.07, 6.45) is 0. The molecule has 0 unspecified atom stereocenters. The molecule has 0 atom stereocenters. The van der Waals surface area contributed by atoms with Gasteiger partial charge in [0.1, 0.15) is 5.82 Å². The van der Waals surface area contributed by atoms with Gasteiger partial charge < -0.3 is 5.32 Å². The topological polar surface area (TPSA) is 37.8 Å². The van der Waals surface area contributed by atoms with Crippen molar-refractivity contribution < 1.29 is 0 Å². The fourth-order valence-corrected chi connectivity index (χ4v) is 1.88. The van der Waals surface area contributed by atoms with E-state index in [4.69, 9.17) is 0 Å². The Balaban J connectivity index is 2.51. The summed E-state index contributed by atoms with van der Waals surface area (Å²) in [4.78, 5) is 9.19. The van der Waals surface area contributed by atoms with Crippen LogP contribution >= 0.6 is 0 Å². The minimum absolute atomic E-state index is 0.790. The smallest absolute Gasteiger partial charge is 0.161 e. The van der Waals surface area contributed by atoms with Crippen molar-refractivity contribution in [2.45, 2.75) is 27.7 Å².